The van der Waals surface area contributed by atoms with E-state index in [4.69, 9.17) is 6.42 Å². The maximum Gasteiger partial charge on any atom is 0.264 e. The van der Waals surface area contributed by atoms with Gasteiger partial charge in [-0.05, 0) is 65.1 Å². The number of nitro groups is 1. The molecule has 0 aromatic carbocycles. The Morgan fingerprint density at radius 1 is 0.875 bits per heavy atom. The maximum atomic E-state index is 9.84. The molecule has 72 valence electrons. The summed E-state index contributed by atoms with van der Waals surface area (Å²) in [5.41, 5.74) is 0. The molecule has 0 aromatic heterocycles. The van der Waals surface area contributed by atoms with Gasteiger partial charge in [0.05, 0.1) is 0 Å². The zero-order valence-corrected chi connectivity index (χ0v) is 8.05. The second kappa shape index (κ2) is 9.85. The Bertz CT molecular complexity index is 609. The first-order valence-corrected chi connectivity index (χ1v) is 3.82. The van der Waals surface area contributed by atoms with E-state index in [1.54, 1.807) is 0 Å². The van der Waals surface area contributed by atoms with Crippen molar-refractivity contribution in [1.29, 1.82) is 0 Å². The number of terminal acetylenes is 1. The molecule has 0 heterocycles. The summed E-state index contributed by atoms with van der Waals surface area (Å²) in [6.07, 6.45) is 4.85. The normalized spacial score (nSPS) is 4.94. The maximum absolute atomic E-state index is 9.84. The van der Waals surface area contributed by atoms with Crippen LogP contribution >= 0.6 is 0 Å². The van der Waals surface area contributed by atoms with Crippen molar-refractivity contribution in [2.75, 3.05) is 6.54 Å². The second-order valence-corrected chi connectivity index (χ2v) is 1.94. The van der Waals surface area contributed by atoms with Gasteiger partial charge in [0.15, 0.2) is 0 Å². The molecule has 0 spiro atoms. The average molecular weight is 205 g/mol. The second-order valence-electron chi connectivity index (χ2n) is 1.94. The van der Waals surface area contributed by atoms with Crippen LogP contribution in [0.5, 0.6) is 0 Å². The molecule has 0 saturated carbocycles. The monoisotopic (exact) mass is 205 g/mol. The minimum atomic E-state index is -0.546. The number of hydrogen-bond acceptors (Lipinski definition) is 2. The zero-order valence-electron chi connectivity index (χ0n) is 8.05. The minimum Gasteiger partial charge on any atom is -0.264 e. The fraction of sp³-hybridized carbons (Fsp3) is 0.0769. The Balaban J connectivity index is 4.14. The zero-order chi connectivity index (χ0) is 12.1. The molecule has 3 nitrogen and oxygen atoms in total. The van der Waals surface area contributed by atoms with Crippen LogP contribution in [0, 0.1) is 81.7 Å². The highest BCUT2D eigenvalue weighted by Crippen LogP contribution is 1.63. The lowest BCUT2D eigenvalue weighted by molar-refractivity contribution is -0.466. The summed E-state index contributed by atoms with van der Waals surface area (Å²) in [7, 11) is 0. The van der Waals surface area contributed by atoms with Gasteiger partial charge in [-0.3, -0.25) is 10.1 Å². The molecule has 16 heavy (non-hydrogen) atoms. The van der Waals surface area contributed by atoms with E-state index in [-0.39, 0.29) is 0 Å². The lowest BCUT2D eigenvalue weighted by Gasteiger charge is -1.75. The minimum absolute atomic E-state index is 0.427. The van der Waals surface area contributed by atoms with E-state index in [2.05, 4.69) is 65.1 Å². The third-order valence-electron chi connectivity index (χ3n) is 0.869. The summed E-state index contributed by atoms with van der Waals surface area (Å²) in [5.74, 6) is 25.4. The van der Waals surface area contributed by atoms with Gasteiger partial charge in [0.2, 0.25) is 0 Å². The molecule has 0 N–H and O–H groups in total. The van der Waals surface area contributed by atoms with Gasteiger partial charge in [0.25, 0.3) is 6.54 Å². The fourth-order valence-corrected chi connectivity index (χ4v) is 0.403. The summed E-state index contributed by atoms with van der Waals surface area (Å²) in [6.45, 7) is -0.427. The highest BCUT2D eigenvalue weighted by atomic mass is 16.6. The predicted octanol–water partition coefficient (Wildman–Crippen LogP) is -0.0867. The van der Waals surface area contributed by atoms with Crippen LogP contribution in [0.15, 0.2) is 0 Å². The SMILES string of the molecule is C#CC#CC#CC#CC#CC#CC[N+](=O)[O-]. The molecule has 0 amide bonds. The topological polar surface area (TPSA) is 43.1 Å². The molecule has 3 heteroatoms. The quantitative estimate of drug-likeness (QED) is 0.341. The van der Waals surface area contributed by atoms with Crippen molar-refractivity contribution in [2.45, 2.75) is 0 Å². The van der Waals surface area contributed by atoms with Gasteiger partial charge in [0, 0.05) is 4.92 Å². The van der Waals surface area contributed by atoms with Gasteiger partial charge in [-0.2, -0.15) is 0 Å². The van der Waals surface area contributed by atoms with Crippen LogP contribution in [-0.2, 0) is 0 Å². The van der Waals surface area contributed by atoms with Crippen molar-refractivity contribution in [3.8, 4) is 71.5 Å². The fourth-order valence-electron chi connectivity index (χ4n) is 0.403. The summed E-state index contributed by atoms with van der Waals surface area (Å²) >= 11 is 0. The number of nitrogens with zero attached hydrogens (tertiary/aromatic N) is 1. The Labute approximate surface area is 93.8 Å². The van der Waals surface area contributed by atoms with E-state index in [0.29, 0.717) is 0 Å². The summed E-state index contributed by atoms with van der Waals surface area (Å²) in [6, 6.07) is 0. The molecule has 0 rings (SSSR count). The van der Waals surface area contributed by atoms with E-state index in [0.717, 1.165) is 0 Å². The van der Waals surface area contributed by atoms with E-state index in [9.17, 15) is 10.1 Å². The van der Waals surface area contributed by atoms with Gasteiger partial charge in [0.1, 0.15) is 0 Å². The van der Waals surface area contributed by atoms with Crippen LogP contribution in [0.2, 0.25) is 0 Å². The van der Waals surface area contributed by atoms with Crippen LogP contribution in [0.4, 0.5) is 0 Å². The van der Waals surface area contributed by atoms with E-state index in [1.807, 2.05) is 0 Å². The molecular formula is C13H3NO2. The van der Waals surface area contributed by atoms with Crippen LogP contribution in [0.25, 0.3) is 0 Å². The average Bonchev–Trinajstić information content (AvgIpc) is 2.25. The molecule has 0 saturated heterocycles. The molecule has 0 aliphatic rings. The summed E-state index contributed by atoms with van der Waals surface area (Å²) in [5, 5.41) is 9.84. The molecule has 0 bridgehead atoms. The lowest BCUT2D eigenvalue weighted by Crippen LogP contribution is -1.95. The van der Waals surface area contributed by atoms with E-state index < -0.39 is 11.5 Å². The highest BCUT2D eigenvalue weighted by molar-refractivity contribution is 5.43. The molecule has 0 atom stereocenters. The summed E-state index contributed by atoms with van der Waals surface area (Å²) in [4.78, 5) is 9.30. The Morgan fingerprint density at radius 2 is 1.31 bits per heavy atom. The molecular weight excluding hydrogens is 202 g/mol. The number of hydrogen-bond donors (Lipinski definition) is 0. The van der Waals surface area contributed by atoms with Gasteiger partial charge in [-0.25, -0.2) is 0 Å². The van der Waals surface area contributed by atoms with Crippen molar-refractivity contribution in [3.05, 3.63) is 10.1 Å². The molecule has 0 unspecified atom stereocenters. The lowest BCUT2D eigenvalue weighted by atomic mass is 10.5. The van der Waals surface area contributed by atoms with Crippen LogP contribution in [-0.4, -0.2) is 11.5 Å². The summed E-state index contributed by atoms with van der Waals surface area (Å²) < 4.78 is 0. The van der Waals surface area contributed by atoms with Gasteiger partial charge >= 0.3 is 0 Å². The van der Waals surface area contributed by atoms with E-state index >= 15 is 0 Å². The van der Waals surface area contributed by atoms with Crippen molar-refractivity contribution >= 4 is 0 Å². The van der Waals surface area contributed by atoms with E-state index in [1.165, 1.54) is 0 Å². The van der Waals surface area contributed by atoms with Crippen molar-refractivity contribution < 1.29 is 4.92 Å². The first kappa shape index (κ1) is 12.8. The Morgan fingerprint density at radius 3 is 1.75 bits per heavy atom. The molecule has 0 aromatic rings. The molecule has 0 radical (unpaired) electrons. The number of rotatable bonds is 1. The third-order valence-corrected chi connectivity index (χ3v) is 0.869. The van der Waals surface area contributed by atoms with Gasteiger partial charge < -0.3 is 0 Å². The Kier molecular flexibility index (Phi) is 7.85. The predicted molar refractivity (Wildman–Crippen MR) is 59.6 cm³/mol. The van der Waals surface area contributed by atoms with Crippen molar-refractivity contribution in [2.24, 2.45) is 0 Å². The standard InChI is InChI=1S/C13H3NO2/c1-2-3-4-5-6-7-8-9-10-11-12-13-14(15)16/h1H,13H2. The van der Waals surface area contributed by atoms with Gasteiger partial charge in [-0.15, -0.1) is 6.42 Å². The smallest absolute Gasteiger partial charge is 0.264 e. The largest absolute Gasteiger partial charge is 0.264 e. The van der Waals surface area contributed by atoms with Crippen LogP contribution < -0.4 is 0 Å². The van der Waals surface area contributed by atoms with Crippen LogP contribution in [0.3, 0.4) is 0 Å². The Hall–Kier alpha value is -3.24. The third kappa shape index (κ3) is 10.8. The molecule has 0 aliphatic heterocycles. The molecule has 0 aliphatic carbocycles. The first-order chi connectivity index (χ1) is 7.77. The first-order valence-electron chi connectivity index (χ1n) is 3.82. The molecule has 0 fully saturated rings. The van der Waals surface area contributed by atoms with Crippen molar-refractivity contribution in [1.82, 2.24) is 0 Å². The van der Waals surface area contributed by atoms with Crippen molar-refractivity contribution in [3.63, 3.8) is 0 Å². The van der Waals surface area contributed by atoms with Crippen LogP contribution in [0.1, 0.15) is 0 Å². The van der Waals surface area contributed by atoms with Gasteiger partial charge in [-0.1, -0.05) is 0 Å². The highest BCUT2D eigenvalue weighted by Gasteiger charge is 1.83.